The van der Waals surface area contributed by atoms with Gasteiger partial charge in [0.05, 0.1) is 24.2 Å². The molecular formula is C10H7BrN4S. The number of rotatable bonds is 1. The molecule has 0 unspecified atom stereocenters. The van der Waals surface area contributed by atoms with Crippen molar-refractivity contribution in [3.05, 3.63) is 34.3 Å². The summed E-state index contributed by atoms with van der Waals surface area (Å²) in [5.74, 6) is 0. The first-order valence-corrected chi connectivity index (χ1v) is 6.27. The number of hydrazone groups is 1. The molecule has 1 aromatic carbocycles. The second kappa shape index (κ2) is 4.03. The fourth-order valence-electron chi connectivity index (χ4n) is 1.47. The van der Waals surface area contributed by atoms with Crippen molar-refractivity contribution in [1.29, 1.82) is 0 Å². The molecule has 0 saturated heterocycles. The van der Waals surface area contributed by atoms with Gasteiger partial charge < -0.3 is 0 Å². The molecule has 0 aromatic heterocycles. The summed E-state index contributed by atoms with van der Waals surface area (Å²) in [5.41, 5.74) is 2.06. The van der Waals surface area contributed by atoms with Crippen LogP contribution in [0.5, 0.6) is 0 Å². The summed E-state index contributed by atoms with van der Waals surface area (Å²) in [6.07, 6.45) is 1.68. The Morgan fingerprint density at radius 2 is 2.06 bits per heavy atom. The summed E-state index contributed by atoms with van der Waals surface area (Å²) in [5, 5.41) is 7.04. The zero-order valence-electron chi connectivity index (χ0n) is 8.17. The Balaban J connectivity index is 1.92. The van der Waals surface area contributed by atoms with Gasteiger partial charge in [0, 0.05) is 4.47 Å². The first-order valence-electron chi connectivity index (χ1n) is 4.70. The molecule has 80 valence electrons. The maximum atomic E-state index is 4.48. The first kappa shape index (κ1) is 10.0. The normalized spacial score (nSPS) is 18.2. The summed E-state index contributed by atoms with van der Waals surface area (Å²) in [6.45, 7) is 0.615. The third kappa shape index (κ3) is 1.78. The summed E-state index contributed by atoms with van der Waals surface area (Å²) in [7, 11) is 0. The molecule has 0 fully saturated rings. The van der Waals surface area contributed by atoms with E-state index in [-0.39, 0.29) is 0 Å². The van der Waals surface area contributed by atoms with E-state index >= 15 is 0 Å². The molecule has 16 heavy (non-hydrogen) atoms. The molecule has 3 rings (SSSR count). The lowest BCUT2D eigenvalue weighted by molar-refractivity contribution is 0.683. The van der Waals surface area contributed by atoms with Gasteiger partial charge in [-0.25, -0.2) is 0 Å². The minimum Gasteiger partial charge on any atom is -0.253 e. The van der Waals surface area contributed by atoms with Crippen LogP contribution in [-0.2, 0) is 0 Å². The van der Waals surface area contributed by atoms with Crippen molar-refractivity contribution >= 4 is 45.1 Å². The van der Waals surface area contributed by atoms with Gasteiger partial charge in [-0.15, -0.1) is 0 Å². The van der Waals surface area contributed by atoms with E-state index in [0.717, 1.165) is 20.9 Å². The molecule has 0 spiro atoms. The third-order valence-electron chi connectivity index (χ3n) is 2.26. The molecule has 1 aromatic rings. The number of aliphatic imine (C=N–C) groups is 1. The molecule has 2 aliphatic heterocycles. The van der Waals surface area contributed by atoms with E-state index in [1.165, 1.54) is 11.9 Å². The number of nitrogens with zero attached hydrogens (tertiary/aromatic N) is 4. The van der Waals surface area contributed by atoms with Crippen molar-refractivity contribution < 1.29 is 0 Å². The summed E-state index contributed by atoms with van der Waals surface area (Å²) >= 11 is 4.77. The second-order valence-electron chi connectivity index (χ2n) is 3.31. The van der Waals surface area contributed by atoms with E-state index in [2.05, 4.69) is 30.4 Å². The highest BCUT2D eigenvalue weighted by Gasteiger charge is 2.20. The minimum absolute atomic E-state index is 0.615. The highest BCUT2D eigenvalue weighted by molar-refractivity contribution is 9.10. The van der Waals surface area contributed by atoms with Crippen molar-refractivity contribution in [3.63, 3.8) is 0 Å². The quantitative estimate of drug-likeness (QED) is 0.747. The Bertz CT molecular complexity index is 506. The summed E-state index contributed by atoms with van der Waals surface area (Å²) < 4.78 is 5.11. The lowest BCUT2D eigenvalue weighted by atomic mass is 10.1. The van der Waals surface area contributed by atoms with Crippen LogP contribution in [-0.4, -0.2) is 28.8 Å². The number of benzene rings is 1. The highest BCUT2D eigenvalue weighted by atomic mass is 79.9. The summed E-state index contributed by atoms with van der Waals surface area (Å²) in [4.78, 5) is 4.41. The van der Waals surface area contributed by atoms with Crippen molar-refractivity contribution in [3.8, 4) is 0 Å². The average Bonchev–Trinajstić information content (AvgIpc) is 2.77. The van der Waals surface area contributed by atoms with Gasteiger partial charge in [0.1, 0.15) is 6.34 Å². The lowest BCUT2D eigenvalue weighted by Gasteiger charge is -2.16. The second-order valence-corrected chi connectivity index (χ2v) is 4.98. The van der Waals surface area contributed by atoms with Crippen molar-refractivity contribution in [1.82, 2.24) is 5.01 Å². The average molecular weight is 295 g/mol. The van der Waals surface area contributed by atoms with Crippen LogP contribution in [0.1, 0.15) is 5.56 Å². The largest absolute Gasteiger partial charge is 0.253 e. The third-order valence-corrected chi connectivity index (χ3v) is 3.46. The van der Waals surface area contributed by atoms with Crippen LogP contribution in [0.4, 0.5) is 0 Å². The Kier molecular flexibility index (Phi) is 2.53. The van der Waals surface area contributed by atoms with Crippen LogP contribution in [0.25, 0.3) is 0 Å². The molecule has 0 amide bonds. The van der Waals surface area contributed by atoms with Gasteiger partial charge in [-0.2, -0.15) is 14.5 Å². The molecule has 0 N–H and O–H groups in total. The van der Waals surface area contributed by atoms with Crippen LogP contribution in [0.15, 0.2) is 43.2 Å². The predicted octanol–water partition coefficient (Wildman–Crippen LogP) is 2.51. The van der Waals surface area contributed by atoms with Crippen molar-refractivity contribution in [2.24, 2.45) is 14.5 Å². The maximum Gasteiger partial charge on any atom is 0.208 e. The Labute approximate surface area is 105 Å². The van der Waals surface area contributed by atoms with Crippen LogP contribution >= 0.6 is 27.9 Å². The topological polar surface area (TPSA) is 40.3 Å². The Morgan fingerprint density at radius 1 is 1.25 bits per heavy atom. The molecular weight excluding hydrogens is 288 g/mol. The van der Waals surface area contributed by atoms with E-state index in [9.17, 15) is 0 Å². The van der Waals surface area contributed by atoms with E-state index in [1.807, 2.05) is 24.3 Å². The standard InChI is InChI=1S/C10H7BrN4S/c11-8-3-1-7(2-4-8)9-5-12-10-15(14-9)6-13-16-10/h1-4,6H,5H2. The van der Waals surface area contributed by atoms with Crippen LogP contribution in [0.2, 0.25) is 0 Å². The van der Waals surface area contributed by atoms with Crippen molar-refractivity contribution in [2.75, 3.05) is 6.54 Å². The first-order chi connectivity index (χ1) is 7.83. The van der Waals surface area contributed by atoms with Crippen molar-refractivity contribution in [2.45, 2.75) is 0 Å². The SMILES string of the molecule is Brc1ccc(C2=NN3C=NSC3=NC2)cc1. The van der Waals surface area contributed by atoms with E-state index in [0.29, 0.717) is 6.54 Å². The van der Waals surface area contributed by atoms with Crippen LogP contribution in [0, 0.1) is 0 Å². The number of halogens is 1. The number of fused-ring (bicyclic) bond motifs is 1. The van der Waals surface area contributed by atoms with E-state index in [1.54, 1.807) is 11.3 Å². The van der Waals surface area contributed by atoms with E-state index in [4.69, 9.17) is 0 Å². The Hall–Kier alpha value is -1.14. The predicted molar refractivity (Wildman–Crippen MR) is 70.9 cm³/mol. The highest BCUT2D eigenvalue weighted by Crippen LogP contribution is 2.21. The molecule has 0 bridgehead atoms. The molecule has 0 atom stereocenters. The molecule has 6 heteroatoms. The van der Waals surface area contributed by atoms with Gasteiger partial charge >= 0.3 is 0 Å². The van der Waals surface area contributed by atoms with Crippen LogP contribution in [0.3, 0.4) is 0 Å². The molecule has 2 heterocycles. The van der Waals surface area contributed by atoms with E-state index < -0.39 is 0 Å². The molecule has 4 nitrogen and oxygen atoms in total. The van der Waals surface area contributed by atoms with Crippen LogP contribution < -0.4 is 0 Å². The lowest BCUT2D eigenvalue weighted by Crippen LogP contribution is -2.26. The smallest absolute Gasteiger partial charge is 0.208 e. The van der Waals surface area contributed by atoms with Gasteiger partial charge in [-0.1, -0.05) is 28.1 Å². The fourth-order valence-corrected chi connectivity index (χ4v) is 2.26. The fraction of sp³-hybridized carbons (Fsp3) is 0.100. The molecule has 0 radical (unpaired) electrons. The molecule has 2 aliphatic rings. The summed E-state index contributed by atoms with van der Waals surface area (Å²) in [6, 6.07) is 8.07. The van der Waals surface area contributed by atoms with Gasteiger partial charge in [0.2, 0.25) is 5.17 Å². The molecule has 0 saturated carbocycles. The van der Waals surface area contributed by atoms with Gasteiger partial charge in [0.25, 0.3) is 0 Å². The number of amidine groups is 1. The van der Waals surface area contributed by atoms with Gasteiger partial charge in [-0.05, 0) is 17.7 Å². The minimum atomic E-state index is 0.615. The van der Waals surface area contributed by atoms with Gasteiger partial charge in [0.15, 0.2) is 0 Å². The molecule has 0 aliphatic carbocycles. The monoisotopic (exact) mass is 294 g/mol. The zero-order chi connectivity index (χ0) is 11.0. The Morgan fingerprint density at radius 3 is 2.88 bits per heavy atom. The number of hydrogen-bond donors (Lipinski definition) is 0. The zero-order valence-corrected chi connectivity index (χ0v) is 10.6. The number of hydrogen-bond acceptors (Lipinski definition) is 5. The maximum absolute atomic E-state index is 4.48. The van der Waals surface area contributed by atoms with Gasteiger partial charge in [-0.3, -0.25) is 4.99 Å².